The van der Waals surface area contributed by atoms with Gasteiger partial charge in [0.2, 0.25) is 0 Å². The van der Waals surface area contributed by atoms with E-state index in [1.807, 2.05) is 6.92 Å². The van der Waals surface area contributed by atoms with Crippen molar-refractivity contribution >= 4 is 11.6 Å². The zero-order valence-corrected chi connectivity index (χ0v) is 10.2. The molecule has 0 saturated heterocycles. The number of rotatable bonds is 4. The Morgan fingerprint density at radius 1 is 1.50 bits per heavy atom. The van der Waals surface area contributed by atoms with Crippen LogP contribution in [0.5, 0.6) is 0 Å². The molecule has 0 aliphatic carbocycles. The van der Waals surface area contributed by atoms with Crippen molar-refractivity contribution in [1.29, 1.82) is 0 Å². The zero-order valence-electron chi connectivity index (χ0n) is 9.48. The second kappa shape index (κ2) is 6.52. The second-order valence-electron chi connectivity index (χ2n) is 3.41. The van der Waals surface area contributed by atoms with E-state index in [0.717, 1.165) is 6.42 Å². The summed E-state index contributed by atoms with van der Waals surface area (Å²) in [6.07, 6.45) is 0.794. The van der Waals surface area contributed by atoms with Crippen LogP contribution in [0.4, 0.5) is 4.39 Å². The molecule has 1 aromatic carbocycles. The summed E-state index contributed by atoms with van der Waals surface area (Å²) >= 11 is 5.75. The number of hydrogen-bond acceptors (Lipinski definition) is 1. The fraction of sp³-hybridized carbons (Fsp3) is 0.385. The Balaban J connectivity index is 2.85. The maximum Gasteiger partial charge on any atom is 0.146 e. The van der Waals surface area contributed by atoms with Crippen LogP contribution in [0.2, 0.25) is 5.02 Å². The van der Waals surface area contributed by atoms with Crippen molar-refractivity contribution in [3.63, 3.8) is 0 Å². The highest BCUT2D eigenvalue weighted by Crippen LogP contribution is 2.24. The van der Waals surface area contributed by atoms with Gasteiger partial charge in [0.15, 0.2) is 0 Å². The van der Waals surface area contributed by atoms with Crippen LogP contribution in [0.3, 0.4) is 0 Å². The average molecular weight is 240 g/mol. The van der Waals surface area contributed by atoms with E-state index in [4.69, 9.17) is 11.6 Å². The molecule has 0 radical (unpaired) electrons. The Morgan fingerprint density at radius 3 is 2.88 bits per heavy atom. The highest BCUT2D eigenvalue weighted by molar-refractivity contribution is 6.30. The van der Waals surface area contributed by atoms with Gasteiger partial charge in [-0.1, -0.05) is 36.6 Å². The Bertz CT molecular complexity index is 406. The zero-order chi connectivity index (χ0) is 12.0. The lowest BCUT2D eigenvalue weighted by atomic mass is 10.0. The molecule has 0 fully saturated rings. The molecule has 0 bridgehead atoms. The molecular formula is C13H15ClFN. The summed E-state index contributed by atoms with van der Waals surface area (Å²) in [5.41, 5.74) is 0.605. The largest absolute Gasteiger partial charge is 0.299 e. The van der Waals surface area contributed by atoms with Gasteiger partial charge in [-0.25, -0.2) is 4.39 Å². The van der Waals surface area contributed by atoms with E-state index in [9.17, 15) is 4.39 Å². The molecule has 0 amide bonds. The van der Waals surface area contributed by atoms with Crippen LogP contribution in [-0.4, -0.2) is 6.54 Å². The van der Waals surface area contributed by atoms with E-state index in [1.165, 1.54) is 0 Å². The van der Waals surface area contributed by atoms with Gasteiger partial charge in [0, 0.05) is 11.6 Å². The number of nitrogens with one attached hydrogen (secondary N) is 1. The summed E-state index contributed by atoms with van der Waals surface area (Å²) in [5, 5.41) is 3.35. The van der Waals surface area contributed by atoms with Crippen LogP contribution in [0.15, 0.2) is 18.2 Å². The van der Waals surface area contributed by atoms with Gasteiger partial charge in [0.05, 0.1) is 11.6 Å². The minimum Gasteiger partial charge on any atom is -0.299 e. The third kappa shape index (κ3) is 3.23. The van der Waals surface area contributed by atoms with Crippen molar-refractivity contribution in [2.75, 3.05) is 6.54 Å². The Kier molecular flexibility index (Phi) is 5.31. The predicted octanol–water partition coefficient (Wildman–Crippen LogP) is 3.54. The summed E-state index contributed by atoms with van der Waals surface area (Å²) < 4.78 is 13.7. The summed E-state index contributed by atoms with van der Waals surface area (Å²) in [6, 6.07) is 5.02. The van der Waals surface area contributed by atoms with Crippen LogP contribution in [0, 0.1) is 17.7 Å². The molecule has 0 saturated carbocycles. The van der Waals surface area contributed by atoms with Gasteiger partial charge in [0.1, 0.15) is 5.82 Å². The topological polar surface area (TPSA) is 12.0 Å². The Hall–Kier alpha value is -1.04. The van der Waals surface area contributed by atoms with Gasteiger partial charge in [-0.15, -0.1) is 5.92 Å². The fourth-order valence-electron chi connectivity index (χ4n) is 1.53. The van der Waals surface area contributed by atoms with E-state index >= 15 is 0 Å². The highest BCUT2D eigenvalue weighted by Gasteiger charge is 2.14. The SMILES string of the molecule is CC#CCNC(CC)c1cccc(Cl)c1F. The standard InChI is InChI=1S/C13H15ClFN/c1-3-5-9-16-12(4-2)10-7-6-8-11(14)13(10)15/h6-8,12,16H,4,9H2,1-2H3. The smallest absolute Gasteiger partial charge is 0.146 e. The van der Waals surface area contributed by atoms with Crippen molar-refractivity contribution in [1.82, 2.24) is 5.32 Å². The summed E-state index contributed by atoms with van der Waals surface area (Å²) in [7, 11) is 0. The maximum absolute atomic E-state index is 13.7. The van der Waals surface area contributed by atoms with Crippen molar-refractivity contribution in [2.24, 2.45) is 0 Å². The van der Waals surface area contributed by atoms with Gasteiger partial charge in [0.25, 0.3) is 0 Å². The van der Waals surface area contributed by atoms with Crippen molar-refractivity contribution in [3.8, 4) is 11.8 Å². The van der Waals surface area contributed by atoms with E-state index in [-0.39, 0.29) is 16.9 Å². The van der Waals surface area contributed by atoms with Gasteiger partial charge >= 0.3 is 0 Å². The number of hydrogen-bond donors (Lipinski definition) is 1. The van der Waals surface area contributed by atoms with E-state index in [0.29, 0.717) is 12.1 Å². The van der Waals surface area contributed by atoms with Crippen molar-refractivity contribution in [2.45, 2.75) is 26.3 Å². The van der Waals surface area contributed by atoms with Crippen LogP contribution in [0.1, 0.15) is 31.9 Å². The predicted molar refractivity (Wildman–Crippen MR) is 65.9 cm³/mol. The molecule has 1 rings (SSSR count). The molecule has 1 N–H and O–H groups in total. The van der Waals surface area contributed by atoms with Crippen molar-refractivity contribution in [3.05, 3.63) is 34.6 Å². The highest BCUT2D eigenvalue weighted by atomic mass is 35.5. The molecule has 86 valence electrons. The molecule has 0 aliphatic rings. The first-order chi connectivity index (χ1) is 7.70. The molecular weight excluding hydrogens is 225 g/mol. The normalized spacial score (nSPS) is 11.8. The van der Waals surface area contributed by atoms with Gasteiger partial charge in [-0.05, 0) is 19.4 Å². The summed E-state index contributed by atoms with van der Waals surface area (Å²) in [5.74, 6) is 5.35. The third-order valence-electron chi connectivity index (χ3n) is 2.38. The molecule has 0 aliphatic heterocycles. The van der Waals surface area contributed by atoms with Gasteiger partial charge < -0.3 is 0 Å². The van der Waals surface area contributed by atoms with Crippen LogP contribution < -0.4 is 5.32 Å². The first-order valence-corrected chi connectivity index (χ1v) is 5.65. The first kappa shape index (κ1) is 13.0. The van der Waals surface area contributed by atoms with Crippen LogP contribution in [-0.2, 0) is 0 Å². The summed E-state index contributed by atoms with van der Waals surface area (Å²) in [6.45, 7) is 4.33. The Morgan fingerprint density at radius 2 is 2.25 bits per heavy atom. The molecule has 1 atom stereocenters. The average Bonchev–Trinajstić information content (AvgIpc) is 2.29. The molecule has 0 spiro atoms. The van der Waals surface area contributed by atoms with Crippen molar-refractivity contribution < 1.29 is 4.39 Å². The van der Waals surface area contributed by atoms with E-state index < -0.39 is 0 Å². The van der Waals surface area contributed by atoms with Crippen LogP contribution in [0.25, 0.3) is 0 Å². The molecule has 1 nitrogen and oxygen atoms in total. The van der Waals surface area contributed by atoms with E-state index in [1.54, 1.807) is 25.1 Å². The first-order valence-electron chi connectivity index (χ1n) is 5.27. The lowest BCUT2D eigenvalue weighted by Crippen LogP contribution is -2.22. The monoisotopic (exact) mass is 239 g/mol. The molecule has 16 heavy (non-hydrogen) atoms. The lowest BCUT2D eigenvalue weighted by molar-refractivity contribution is 0.513. The second-order valence-corrected chi connectivity index (χ2v) is 3.82. The Labute approximate surface area is 101 Å². The number of halogens is 2. The van der Waals surface area contributed by atoms with Crippen LogP contribution >= 0.6 is 11.6 Å². The van der Waals surface area contributed by atoms with Gasteiger partial charge in [-0.2, -0.15) is 0 Å². The molecule has 3 heteroatoms. The molecule has 0 heterocycles. The van der Waals surface area contributed by atoms with E-state index in [2.05, 4.69) is 17.2 Å². The molecule has 1 unspecified atom stereocenters. The number of benzene rings is 1. The lowest BCUT2D eigenvalue weighted by Gasteiger charge is -2.16. The fourth-order valence-corrected chi connectivity index (χ4v) is 1.71. The molecule has 1 aromatic rings. The molecule has 0 aromatic heterocycles. The summed E-state index contributed by atoms with van der Waals surface area (Å²) in [4.78, 5) is 0. The minimum atomic E-state index is -0.340. The quantitative estimate of drug-likeness (QED) is 0.793. The van der Waals surface area contributed by atoms with Gasteiger partial charge in [-0.3, -0.25) is 5.32 Å². The third-order valence-corrected chi connectivity index (χ3v) is 2.67. The maximum atomic E-state index is 13.7. The minimum absolute atomic E-state index is 0.0421.